The number of halogens is 1. The Balaban J connectivity index is 1.76. The number of nitrogens with one attached hydrogen (secondary N) is 2. The second kappa shape index (κ2) is 11.7. The van der Waals surface area contributed by atoms with Gasteiger partial charge in [0.1, 0.15) is 11.4 Å². The van der Waals surface area contributed by atoms with Crippen molar-refractivity contribution in [3.63, 3.8) is 0 Å². The van der Waals surface area contributed by atoms with Gasteiger partial charge >= 0.3 is 0 Å². The number of rotatable bonds is 10. The maximum absolute atomic E-state index is 13.4. The summed E-state index contributed by atoms with van der Waals surface area (Å²) in [5.41, 5.74) is 1.04. The number of benzene rings is 2. The highest BCUT2D eigenvalue weighted by Gasteiger charge is 2.27. The summed E-state index contributed by atoms with van der Waals surface area (Å²) < 4.78 is 8.56. The van der Waals surface area contributed by atoms with Gasteiger partial charge in [0.25, 0.3) is 11.5 Å². The Labute approximate surface area is 222 Å². The molecule has 0 radical (unpaired) electrons. The molecule has 2 aromatic carbocycles. The molecular weight excluding hydrogens is 494 g/mol. The van der Waals surface area contributed by atoms with Gasteiger partial charge in [-0.05, 0) is 49.8 Å². The zero-order chi connectivity index (χ0) is 27.3. The first-order valence-electron chi connectivity index (χ1n) is 11.9. The second-order valence-electron chi connectivity index (χ2n) is 9.95. The monoisotopic (exact) mass is 527 g/mol. The average molecular weight is 528 g/mol. The number of anilines is 1. The molecule has 37 heavy (non-hydrogen) atoms. The first-order valence-corrected chi connectivity index (χ1v) is 12.2. The van der Waals surface area contributed by atoms with Crippen LogP contribution in [-0.4, -0.2) is 53.8 Å². The van der Waals surface area contributed by atoms with Gasteiger partial charge in [-0.3, -0.25) is 19.1 Å². The Bertz CT molecular complexity index is 1330. The van der Waals surface area contributed by atoms with Crippen molar-refractivity contribution in [2.24, 2.45) is 12.5 Å². The molecule has 0 atom stereocenters. The highest BCUT2D eigenvalue weighted by Crippen LogP contribution is 2.25. The molecule has 3 rings (SSSR count). The van der Waals surface area contributed by atoms with E-state index in [0.29, 0.717) is 34.3 Å². The quantitative estimate of drug-likeness (QED) is 0.419. The van der Waals surface area contributed by atoms with Crippen molar-refractivity contribution in [3.8, 4) is 11.4 Å². The van der Waals surface area contributed by atoms with Gasteiger partial charge in [-0.15, -0.1) is 0 Å². The summed E-state index contributed by atoms with van der Waals surface area (Å²) in [5.74, 6) is -0.262. The maximum Gasteiger partial charge on any atom is 0.295 e. The van der Waals surface area contributed by atoms with Crippen LogP contribution in [0, 0.1) is 5.41 Å². The zero-order valence-electron chi connectivity index (χ0n) is 22.1. The SMILES string of the molecule is COc1ccc(Cl)cc1C(=O)NCC(C)(C)CC(=O)Nc1c(CN(C)C)n(C)n(-c2ccccc2)c1=O. The summed E-state index contributed by atoms with van der Waals surface area (Å²) in [7, 11) is 7.08. The number of para-hydroxylation sites is 1. The van der Waals surface area contributed by atoms with Crippen LogP contribution in [0.1, 0.15) is 36.3 Å². The van der Waals surface area contributed by atoms with Crippen LogP contribution < -0.4 is 20.9 Å². The van der Waals surface area contributed by atoms with E-state index in [4.69, 9.17) is 16.3 Å². The van der Waals surface area contributed by atoms with E-state index in [2.05, 4.69) is 10.6 Å². The van der Waals surface area contributed by atoms with Crippen molar-refractivity contribution in [3.05, 3.63) is 75.2 Å². The Kier molecular flexibility index (Phi) is 8.83. The first-order chi connectivity index (χ1) is 17.4. The fourth-order valence-corrected chi connectivity index (χ4v) is 4.24. The standard InChI is InChI=1S/C27H34ClN5O4/c1-27(2,17-29-25(35)20-14-18(28)12-13-22(20)37-6)15-23(34)30-24-21(16-31(3)4)32(5)33(26(24)36)19-10-8-7-9-11-19/h7-14H,15-17H2,1-6H3,(H,29,35)(H,30,34). The third-order valence-electron chi connectivity index (χ3n) is 5.89. The van der Waals surface area contributed by atoms with Crippen LogP contribution in [0.15, 0.2) is 53.3 Å². The van der Waals surface area contributed by atoms with E-state index in [9.17, 15) is 14.4 Å². The topological polar surface area (TPSA) is 97.6 Å². The van der Waals surface area contributed by atoms with E-state index in [-0.39, 0.29) is 36.0 Å². The number of carbonyl (C=O) groups excluding carboxylic acids is 2. The van der Waals surface area contributed by atoms with Gasteiger partial charge in [0.15, 0.2) is 0 Å². The van der Waals surface area contributed by atoms with E-state index in [1.54, 1.807) is 23.9 Å². The smallest absolute Gasteiger partial charge is 0.295 e. The first kappa shape index (κ1) is 28.0. The Morgan fingerprint density at radius 3 is 2.41 bits per heavy atom. The highest BCUT2D eigenvalue weighted by molar-refractivity contribution is 6.31. The number of aromatic nitrogens is 2. The van der Waals surface area contributed by atoms with Crippen LogP contribution in [0.5, 0.6) is 5.75 Å². The minimum Gasteiger partial charge on any atom is -0.496 e. The molecule has 0 aliphatic carbocycles. The van der Waals surface area contributed by atoms with Crippen LogP contribution in [-0.2, 0) is 18.4 Å². The fourth-order valence-electron chi connectivity index (χ4n) is 4.07. The molecule has 9 nitrogen and oxygen atoms in total. The van der Waals surface area contributed by atoms with Crippen molar-refractivity contribution in [1.29, 1.82) is 0 Å². The van der Waals surface area contributed by atoms with E-state index in [1.165, 1.54) is 17.9 Å². The van der Waals surface area contributed by atoms with Gasteiger partial charge < -0.3 is 20.3 Å². The maximum atomic E-state index is 13.4. The van der Waals surface area contributed by atoms with Crippen molar-refractivity contribution in [2.45, 2.75) is 26.8 Å². The Hall–Kier alpha value is -3.56. The Morgan fingerprint density at radius 1 is 1.11 bits per heavy atom. The van der Waals surface area contributed by atoms with Gasteiger partial charge in [0.2, 0.25) is 5.91 Å². The van der Waals surface area contributed by atoms with E-state index in [0.717, 1.165) is 0 Å². The molecule has 0 fully saturated rings. The number of methoxy groups -OCH3 is 1. The summed E-state index contributed by atoms with van der Waals surface area (Å²) in [4.78, 5) is 41.2. The van der Waals surface area contributed by atoms with E-state index < -0.39 is 5.41 Å². The third-order valence-corrected chi connectivity index (χ3v) is 6.12. The van der Waals surface area contributed by atoms with Crippen molar-refractivity contribution < 1.29 is 14.3 Å². The molecular formula is C27H34ClN5O4. The molecule has 1 heterocycles. The highest BCUT2D eigenvalue weighted by atomic mass is 35.5. The number of nitrogens with zero attached hydrogens (tertiary/aromatic N) is 3. The van der Waals surface area contributed by atoms with Crippen LogP contribution in [0.2, 0.25) is 5.02 Å². The summed E-state index contributed by atoms with van der Waals surface area (Å²) in [6.45, 7) is 4.43. The largest absolute Gasteiger partial charge is 0.496 e. The van der Waals surface area contributed by atoms with E-state index >= 15 is 0 Å². The molecule has 2 N–H and O–H groups in total. The van der Waals surface area contributed by atoms with Crippen LogP contribution in [0.25, 0.3) is 5.69 Å². The molecule has 0 saturated carbocycles. The number of hydrogen-bond acceptors (Lipinski definition) is 5. The van der Waals surface area contributed by atoms with Crippen LogP contribution >= 0.6 is 11.6 Å². The number of ether oxygens (including phenoxy) is 1. The lowest BCUT2D eigenvalue weighted by Gasteiger charge is -2.24. The molecule has 2 amide bonds. The van der Waals surface area contributed by atoms with Crippen molar-refractivity contribution in [2.75, 3.05) is 33.1 Å². The molecule has 0 bridgehead atoms. The molecule has 0 saturated heterocycles. The molecule has 1 aromatic heterocycles. The molecule has 0 aliphatic heterocycles. The molecule has 10 heteroatoms. The summed E-state index contributed by atoms with van der Waals surface area (Å²) >= 11 is 6.04. The third kappa shape index (κ3) is 6.81. The summed E-state index contributed by atoms with van der Waals surface area (Å²) in [6, 6.07) is 14.1. The lowest BCUT2D eigenvalue weighted by Crippen LogP contribution is -2.37. The van der Waals surface area contributed by atoms with Gasteiger partial charge in [0, 0.05) is 31.6 Å². The molecule has 198 valence electrons. The number of carbonyl (C=O) groups is 2. The van der Waals surface area contributed by atoms with Gasteiger partial charge in [-0.2, -0.15) is 0 Å². The fraction of sp³-hybridized carbons (Fsp3) is 0.370. The Morgan fingerprint density at radius 2 is 1.78 bits per heavy atom. The second-order valence-corrected chi connectivity index (χ2v) is 10.4. The zero-order valence-corrected chi connectivity index (χ0v) is 22.8. The minimum absolute atomic E-state index is 0.0844. The number of hydrogen-bond donors (Lipinski definition) is 2. The van der Waals surface area contributed by atoms with Gasteiger partial charge in [-0.1, -0.05) is 43.6 Å². The van der Waals surface area contributed by atoms with Gasteiger partial charge in [0.05, 0.1) is 24.1 Å². The average Bonchev–Trinajstić information content (AvgIpc) is 3.06. The number of amides is 2. The summed E-state index contributed by atoms with van der Waals surface area (Å²) in [5, 5.41) is 6.12. The predicted molar refractivity (Wildman–Crippen MR) is 146 cm³/mol. The van der Waals surface area contributed by atoms with Crippen molar-refractivity contribution >= 4 is 29.1 Å². The molecule has 0 aliphatic rings. The lowest BCUT2D eigenvalue weighted by atomic mass is 9.88. The minimum atomic E-state index is -0.597. The van der Waals surface area contributed by atoms with Crippen LogP contribution in [0.3, 0.4) is 0 Å². The van der Waals surface area contributed by atoms with Gasteiger partial charge in [-0.25, -0.2) is 4.68 Å². The normalized spacial score (nSPS) is 11.5. The molecule has 0 spiro atoms. The van der Waals surface area contributed by atoms with Crippen LogP contribution in [0.4, 0.5) is 5.69 Å². The predicted octanol–water partition coefficient (Wildman–Crippen LogP) is 3.68. The summed E-state index contributed by atoms with van der Waals surface area (Å²) in [6.07, 6.45) is 0.0844. The lowest BCUT2D eigenvalue weighted by molar-refractivity contribution is -0.118. The van der Waals surface area contributed by atoms with E-state index in [1.807, 2.05) is 63.2 Å². The molecule has 3 aromatic rings. The van der Waals surface area contributed by atoms with Crippen molar-refractivity contribution in [1.82, 2.24) is 19.6 Å². The molecule has 0 unspecified atom stereocenters.